The SMILES string of the molecule is [CH2]Cc1ccnc(C2CC2)c1. The minimum Gasteiger partial charge on any atom is -0.261 e. The van der Waals surface area contributed by atoms with Crippen LogP contribution in [0.5, 0.6) is 0 Å². The largest absolute Gasteiger partial charge is 0.261 e. The summed E-state index contributed by atoms with van der Waals surface area (Å²) in [6.07, 6.45) is 5.43. The molecule has 1 heteroatoms. The van der Waals surface area contributed by atoms with Crippen molar-refractivity contribution < 1.29 is 0 Å². The van der Waals surface area contributed by atoms with Crippen molar-refractivity contribution in [2.75, 3.05) is 0 Å². The molecule has 0 atom stereocenters. The summed E-state index contributed by atoms with van der Waals surface area (Å²) in [6, 6.07) is 4.23. The lowest BCUT2D eigenvalue weighted by Crippen LogP contribution is -1.88. The van der Waals surface area contributed by atoms with Crippen molar-refractivity contribution in [3.05, 3.63) is 36.5 Å². The fourth-order valence-corrected chi connectivity index (χ4v) is 1.25. The van der Waals surface area contributed by atoms with Crippen LogP contribution in [-0.2, 0) is 6.42 Å². The van der Waals surface area contributed by atoms with Crippen LogP contribution in [0.3, 0.4) is 0 Å². The molecule has 1 aliphatic rings. The first kappa shape index (κ1) is 6.84. The van der Waals surface area contributed by atoms with Crippen molar-refractivity contribution in [2.45, 2.75) is 25.2 Å². The quantitative estimate of drug-likeness (QED) is 0.624. The summed E-state index contributed by atoms with van der Waals surface area (Å²) in [5, 5.41) is 0. The van der Waals surface area contributed by atoms with E-state index in [9.17, 15) is 0 Å². The minimum atomic E-state index is 0.765. The molecule has 1 heterocycles. The van der Waals surface area contributed by atoms with Gasteiger partial charge in [-0.1, -0.05) is 0 Å². The second kappa shape index (κ2) is 2.65. The van der Waals surface area contributed by atoms with Gasteiger partial charge in [-0.05, 0) is 43.9 Å². The van der Waals surface area contributed by atoms with Crippen LogP contribution < -0.4 is 0 Å². The zero-order valence-electron chi connectivity index (χ0n) is 6.59. The van der Waals surface area contributed by atoms with Crippen LogP contribution in [0, 0.1) is 6.92 Å². The molecule has 0 aliphatic heterocycles. The Kier molecular flexibility index (Phi) is 1.65. The number of aromatic nitrogens is 1. The van der Waals surface area contributed by atoms with Gasteiger partial charge in [0.2, 0.25) is 0 Å². The molecule has 0 amide bonds. The van der Waals surface area contributed by atoms with Crippen LogP contribution >= 0.6 is 0 Å². The summed E-state index contributed by atoms with van der Waals surface area (Å²) in [5.41, 5.74) is 2.58. The molecule has 2 rings (SSSR count). The third-order valence-corrected chi connectivity index (χ3v) is 2.13. The highest BCUT2D eigenvalue weighted by Gasteiger charge is 2.24. The van der Waals surface area contributed by atoms with E-state index in [4.69, 9.17) is 0 Å². The number of pyridine rings is 1. The molecule has 1 radical (unpaired) electrons. The first-order valence-electron chi connectivity index (χ1n) is 4.14. The lowest BCUT2D eigenvalue weighted by molar-refractivity contribution is 1.01. The lowest BCUT2D eigenvalue weighted by atomic mass is 10.1. The van der Waals surface area contributed by atoms with E-state index in [-0.39, 0.29) is 0 Å². The van der Waals surface area contributed by atoms with Gasteiger partial charge in [-0.3, -0.25) is 4.98 Å². The number of hydrogen-bond acceptors (Lipinski definition) is 1. The standard InChI is InChI=1S/C10H12N/c1-2-8-5-6-11-10(7-8)9-3-4-9/h5-7,9H,1-4H2. The van der Waals surface area contributed by atoms with Gasteiger partial charge >= 0.3 is 0 Å². The summed E-state index contributed by atoms with van der Waals surface area (Å²) in [5.74, 6) is 0.765. The van der Waals surface area contributed by atoms with Crippen LogP contribution in [0.2, 0.25) is 0 Å². The predicted octanol–water partition coefficient (Wildman–Crippen LogP) is 2.34. The molecular weight excluding hydrogens is 134 g/mol. The van der Waals surface area contributed by atoms with Crippen LogP contribution in [0.15, 0.2) is 18.3 Å². The van der Waals surface area contributed by atoms with Crippen LogP contribution in [-0.4, -0.2) is 4.98 Å². The molecule has 1 saturated carbocycles. The summed E-state index contributed by atoms with van der Waals surface area (Å²) in [7, 11) is 0. The molecular formula is C10H12N. The van der Waals surface area contributed by atoms with Crippen LogP contribution in [0.4, 0.5) is 0 Å². The van der Waals surface area contributed by atoms with Crippen molar-refractivity contribution >= 4 is 0 Å². The van der Waals surface area contributed by atoms with E-state index in [1.165, 1.54) is 24.1 Å². The van der Waals surface area contributed by atoms with E-state index >= 15 is 0 Å². The zero-order valence-corrected chi connectivity index (χ0v) is 6.59. The highest BCUT2D eigenvalue weighted by molar-refractivity contribution is 5.22. The summed E-state index contributed by atoms with van der Waals surface area (Å²) >= 11 is 0. The second-order valence-electron chi connectivity index (χ2n) is 3.11. The Morgan fingerprint density at radius 1 is 1.55 bits per heavy atom. The van der Waals surface area contributed by atoms with Gasteiger partial charge in [0.15, 0.2) is 0 Å². The van der Waals surface area contributed by atoms with E-state index in [2.05, 4.69) is 18.0 Å². The van der Waals surface area contributed by atoms with E-state index in [0.29, 0.717) is 0 Å². The maximum Gasteiger partial charge on any atom is 0.0437 e. The van der Waals surface area contributed by atoms with Crippen LogP contribution in [0.25, 0.3) is 0 Å². The van der Waals surface area contributed by atoms with Crippen LogP contribution in [0.1, 0.15) is 30.0 Å². The van der Waals surface area contributed by atoms with Gasteiger partial charge in [0, 0.05) is 17.8 Å². The first-order chi connectivity index (χ1) is 5.40. The molecule has 1 nitrogen and oxygen atoms in total. The van der Waals surface area contributed by atoms with Gasteiger partial charge in [0.25, 0.3) is 0 Å². The predicted molar refractivity (Wildman–Crippen MR) is 45.3 cm³/mol. The number of hydrogen-bond donors (Lipinski definition) is 0. The van der Waals surface area contributed by atoms with Crippen molar-refractivity contribution in [3.8, 4) is 0 Å². The molecule has 0 unspecified atom stereocenters. The van der Waals surface area contributed by atoms with Gasteiger partial charge in [-0.25, -0.2) is 0 Å². The van der Waals surface area contributed by atoms with E-state index < -0.39 is 0 Å². The molecule has 57 valence electrons. The molecule has 1 aromatic heterocycles. The fraction of sp³-hybridized carbons (Fsp3) is 0.400. The van der Waals surface area contributed by atoms with Crippen molar-refractivity contribution in [3.63, 3.8) is 0 Å². The topological polar surface area (TPSA) is 12.9 Å². The number of rotatable bonds is 2. The zero-order chi connectivity index (χ0) is 7.68. The monoisotopic (exact) mass is 146 g/mol. The third kappa shape index (κ3) is 1.42. The molecule has 11 heavy (non-hydrogen) atoms. The Labute approximate surface area is 67.5 Å². The number of nitrogens with zero attached hydrogens (tertiary/aromatic N) is 1. The molecule has 0 spiro atoms. The Morgan fingerprint density at radius 3 is 3.00 bits per heavy atom. The normalized spacial score (nSPS) is 16.8. The highest BCUT2D eigenvalue weighted by atomic mass is 14.7. The maximum atomic E-state index is 4.32. The second-order valence-corrected chi connectivity index (χ2v) is 3.11. The van der Waals surface area contributed by atoms with E-state index in [1.54, 1.807) is 0 Å². The molecule has 0 bridgehead atoms. The van der Waals surface area contributed by atoms with E-state index in [1.807, 2.05) is 12.3 Å². The summed E-state index contributed by atoms with van der Waals surface area (Å²) < 4.78 is 0. The Balaban J connectivity index is 2.26. The average Bonchev–Trinajstić information content (AvgIpc) is 2.87. The lowest BCUT2D eigenvalue weighted by Gasteiger charge is -1.98. The molecule has 0 aromatic carbocycles. The Hall–Kier alpha value is -0.850. The molecule has 1 fully saturated rings. The first-order valence-corrected chi connectivity index (χ1v) is 4.14. The van der Waals surface area contributed by atoms with Gasteiger partial charge < -0.3 is 0 Å². The molecule has 1 aromatic rings. The van der Waals surface area contributed by atoms with Gasteiger partial charge in [0.05, 0.1) is 0 Å². The van der Waals surface area contributed by atoms with Crippen molar-refractivity contribution in [2.24, 2.45) is 0 Å². The minimum absolute atomic E-state index is 0.765. The highest BCUT2D eigenvalue weighted by Crippen LogP contribution is 2.38. The molecule has 1 aliphatic carbocycles. The summed E-state index contributed by atoms with van der Waals surface area (Å²) in [6.45, 7) is 3.85. The summed E-state index contributed by atoms with van der Waals surface area (Å²) in [4.78, 5) is 4.32. The Bertz CT molecular complexity index is 251. The van der Waals surface area contributed by atoms with Crippen molar-refractivity contribution in [1.82, 2.24) is 4.98 Å². The van der Waals surface area contributed by atoms with E-state index in [0.717, 1.165) is 12.3 Å². The fourth-order valence-electron chi connectivity index (χ4n) is 1.25. The van der Waals surface area contributed by atoms with Gasteiger partial charge in [0.1, 0.15) is 0 Å². The smallest absolute Gasteiger partial charge is 0.0437 e. The molecule has 0 N–H and O–H groups in total. The molecule has 0 saturated heterocycles. The average molecular weight is 146 g/mol. The van der Waals surface area contributed by atoms with Gasteiger partial charge in [-0.2, -0.15) is 0 Å². The van der Waals surface area contributed by atoms with Gasteiger partial charge in [-0.15, -0.1) is 0 Å². The third-order valence-electron chi connectivity index (χ3n) is 2.13. The maximum absolute atomic E-state index is 4.32. The Morgan fingerprint density at radius 2 is 2.36 bits per heavy atom. The van der Waals surface area contributed by atoms with Crippen molar-refractivity contribution in [1.29, 1.82) is 0 Å².